The number of carbonyl (C=O) groups is 2. The number of amides is 2. The van der Waals surface area contributed by atoms with Crippen molar-refractivity contribution in [1.82, 2.24) is 10.7 Å². The molecule has 90 valence electrons. The smallest absolute Gasteiger partial charge is 0.329 e. The monoisotopic (exact) mass is 233 g/mol. The molecule has 2 amide bonds. The van der Waals surface area contributed by atoms with Crippen LogP contribution in [0.15, 0.2) is 29.4 Å². The van der Waals surface area contributed by atoms with Gasteiger partial charge in [0.15, 0.2) is 0 Å². The van der Waals surface area contributed by atoms with Crippen LogP contribution in [0.3, 0.4) is 0 Å². The fraction of sp³-hybridized carbons (Fsp3) is 0.250. The summed E-state index contributed by atoms with van der Waals surface area (Å²) >= 11 is 0. The van der Waals surface area contributed by atoms with Crippen molar-refractivity contribution in [2.75, 3.05) is 6.54 Å². The molecule has 0 atom stereocenters. The normalized spacial score (nSPS) is 10.2. The van der Waals surface area contributed by atoms with Gasteiger partial charge in [-0.25, -0.2) is 5.43 Å². The van der Waals surface area contributed by atoms with Crippen molar-refractivity contribution in [2.45, 2.75) is 13.8 Å². The van der Waals surface area contributed by atoms with Crippen LogP contribution in [0, 0.1) is 6.92 Å². The molecule has 0 unspecified atom stereocenters. The van der Waals surface area contributed by atoms with Crippen LogP contribution in [-0.2, 0) is 9.59 Å². The highest BCUT2D eigenvalue weighted by Gasteiger charge is 2.09. The lowest BCUT2D eigenvalue weighted by molar-refractivity contribution is -0.139. The van der Waals surface area contributed by atoms with E-state index in [1.54, 1.807) is 6.92 Å². The summed E-state index contributed by atoms with van der Waals surface area (Å²) in [6.07, 6.45) is 1.48. The standard InChI is InChI=1S/C12H15N3O2/c1-3-13-11(16)12(17)15-14-8-10-6-4-9(2)5-7-10/h4-8H,3H2,1-2H3,(H,13,16)(H,15,17)/b14-8-. The Labute approximate surface area is 99.9 Å². The first-order valence-corrected chi connectivity index (χ1v) is 5.31. The van der Waals surface area contributed by atoms with E-state index in [1.165, 1.54) is 6.21 Å². The first kappa shape index (κ1) is 12.9. The minimum Gasteiger partial charge on any atom is -0.348 e. The summed E-state index contributed by atoms with van der Waals surface area (Å²) < 4.78 is 0. The van der Waals surface area contributed by atoms with Gasteiger partial charge in [-0.05, 0) is 19.4 Å². The fourth-order valence-electron chi connectivity index (χ4n) is 1.11. The van der Waals surface area contributed by atoms with E-state index in [4.69, 9.17) is 0 Å². The van der Waals surface area contributed by atoms with Gasteiger partial charge in [0.05, 0.1) is 6.21 Å². The second kappa shape index (κ2) is 6.42. The van der Waals surface area contributed by atoms with Gasteiger partial charge in [-0.1, -0.05) is 29.8 Å². The molecule has 0 heterocycles. The van der Waals surface area contributed by atoms with E-state index in [0.29, 0.717) is 6.54 Å². The van der Waals surface area contributed by atoms with Crippen LogP contribution in [0.2, 0.25) is 0 Å². The zero-order valence-corrected chi connectivity index (χ0v) is 9.86. The highest BCUT2D eigenvalue weighted by Crippen LogP contribution is 1.99. The molecule has 0 bridgehead atoms. The summed E-state index contributed by atoms with van der Waals surface area (Å²) in [7, 11) is 0. The van der Waals surface area contributed by atoms with Gasteiger partial charge in [-0.15, -0.1) is 0 Å². The van der Waals surface area contributed by atoms with Crippen molar-refractivity contribution < 1.29 is 9.59 Å². The third-order valence-corrected chi connectivity index (χ3v) is 2.00. The summed E-state index contributed by atoms with van der Waals surface area (Å²) in [5, 5.41) is 6.07. The van der Waals surface area contributed by atoms with Crippen LogP contribution < -0.4 is 10.7 Å². The number of hydrazone groups is 1. The molecule has 17 heavy (non-hydrogen) atoms. The Bertz CT molecular complexity index is 424. The second-order valence-electron chi connectivity index (χ2n) is 3.47. The van der Waals surface area contributed by atoms with Crippen molar-refractivity contribution in [1.29, 1.82) is 0 Å². The van der Waals surface area contributed by atoms with Crippen LogP contribution >= 0.6 is 0 Å². The molecule has 1 rings (SSSR count). The van der Waals surface area contributed by atoms with Crippen LogP contribution in [0.4, 0.5) is 0 Å². The zero-order valence-electron chi connectivity index (χ0n) is 9.86. The summed E-state index contributed by atoms with van der Waals surface area (Å²) in [5.74, 6) is -1.45. The molecule has 0 aliphatic heterocycles. The van der Waals surface area contributed by atoms with Gasteiger partial charge >= 0.3 is 11.8 Å². The highest BCUT2D eigenvalue weighted by molar-refractivity contribution is 6.35. The molecule has 0 aliphatic carbocycles. The number of hydrogen-bond acceptors (Lipinski definition) is 3. The largest absolute Gasteiger partial charge is 0.348 e. The van der Waals surface area contributed by atoms with Crippen molar-refractivity contribution in [3.8, 4) is 0 Å². The third-order valence-electron chi connectivity index (χ3n) is 2.00. The number of carbonyl (C=O) groups excluding carboxylic acids is 2. The van der Waals surface area contributed by atoms with Crippen molar-refractivity contribution >= 4 is 18.0 Å². The Hall–Kier alpha value is -2.17. The van der Waals surface area contributed by atoms with Crippen LogP contribution in [0.1, 0.15) is 18.1 Å². The van der Waals surface area contributed by atoms with Gasteiger partial charge in [0.25, 0.3) is 0 Å². The number of hydrogen-bond donors (Lipinski definition) is 2. The lowest BCUT2D eigenvalue weighted by Crippen LogP contribution is -2.37. The SMILES string of the molecule is CCNC(=O)C(=O)N/N=C\c1ccc(C)cc1. The zero-order chi connectivity index (χ0) is 12.7. The van der Waals surface area contributed by atoms with Crippen molar-refractivity contribution in [2.24, 2.45) is 5.10 Å². The number of nitrogens with one attached hydrogen (secondary N) is 2. The first-order valence-electron chi connectivity index (χ1n) is 5.31. The van der Waals surface area contributed by atoms with Gasteiger partial charge < -0.3 is 5.32 Å². The van der Waals surface area contributed by atoms with Gasteiger partial charge in [0.2, 0.25) is 0 Å². The van der Waals surface area contributed by atoms with E-state index in [1.807, 2.05) is 31.2 Å². The Morgan fingerprint density at radius 1 is 1.24 bits per heavy atom. The number of likely N-dealkylation sites (N-methyl/N-ethyl adjacent to an activating group) is 1. The summed E-state index contributed by atoms with van der Waals surface area (Å²) in [5.41, 5.74) is 4.15. The topological polar surface area (TPSA) is 70.6 Å². The van der Waals surface area contributed by atoms with Crippen LogP contribution in [0.25, 0.3) is 0 Å². The maximum absolute atomic E-state index is 11.1. The molecule has 1 aromatic carbocycles. The molecule has 0 aromatic heterocycles. The van der Waals surface area contributed by atoms with E-state index < -0.39 is 11.8 Å². The highest BCUT2D eigenvalue weighted by atomic mass is 16.2. The van der Waals surface area contributed by atoms with E-state index in [-0.39, 0.29) is 0 Å². The predicted octanol–water partition coefficient (Wildman–Crippen LogP) is 0.581. The minimum atomic E-state index is -0.768. The molecule has 5 heteroatoms. The van der Waals surface area contributed by atoms with E-state index >= 15 is 0 Å². The molecular formula is C12H15N3O2. The van der Waals surface area contributed by atoms with Crippen molar-refractivity contribution in [3.63, 3.8) is 0 Å². The van der Waals surface area contributed by atoms with Gasteiger partial charge in [-0.3, -0.25) is 9.59 Å². The van der Waals surface area contributed by atoms with Crippen LogP contribution in [0.5, 0.6) is 0 Å². The quantitative estimate of drug-likeness (QED) is 0.455. The molecule has 0 fully saturated rings. The average Bonchev–Trinajstić information content (AvgIpc) is 2.32. The van der Waals surface area contributed by atoms with Gasteiger partial charge in [0.1, 0.15) is 0 Å². The maximum Gasteiger partial charge on any atom is 0.329 e. The van der Waals surface area contributed by atoms with Gasteiger partial charge in [-0.2, -0.15) is 5.10 Å². The first-order chi connectivity index (χ1) is 8.13. The van der Waals surface area contributed by atoms with Gasteiger partial charge in [0, 0.05) is 6.54 Å². The lowest BCUT2D eigenvalue weighted by Gasteiger charge is -1.99. The predicted molar refractivity (Wildman–Crippen MR) is 65.6 cm³/mol. The fourth-order valence-corrected chi connectivity index (χ4v) is 1.11. The second-order valence-corrected chi connectivity index (χ2v) is 3.47. The number of nitrogens with zero attached hydrogens (tertiary/aromatic N) is 1. The summed E-state index contributed by atoms with van der Waals surface area (Å²) in [6.45, 7) is 4.13. The molecule has 0 saturated carbocycles. The number of aryl methyl sites for hydroxylation is 1. The average molecular weight is 233 g/mol. The molecule has 5 nitrogen and oxygen atoms in total. The Balaban J connectivity index is 2.47. The van der Waals surface area contributed by atoms with Crippen molar-refractivity contribution in [3.05, 3.63) is 35.4 Å². The number of rotatable bonds is 3. The van der Waals surface area contributed by atoms with Crippen LogP contribution in [-0.4, -0.2) is 24.6 Å². The van der Waals surface area contributed by atoms with E-state index in [9.17, 15) is 9.59 Å². The Morgan fingerprint density at radius 2 is 1.88 bits per heavy atom. The molecule has 2 N–H and O–H groups in total. The molecular weight excluding hydrogens is 218 g/mol. The summed E-state index contributed by atoms with van der Waals surface area (Å²) in [4.78, 5) is 22.2. The van der Waals surface area contributed by atoms with E-state index in [2.05, 4.69) is 15.8 Å². The lowest BCUT2D eigenvalue weighted by atomic mass is 10.2. The third kappa shape index (κ3) is 4.46. The number of benzene rings is 1. The molecule has 0 saturated heterocycles. The molecule has 1 aromatic rings. The van der Waals surface area contributed by atoms with E-state index in [0.717, 1.165) is 11.1 Å². The minimum absolute atomic E-state index is 0.411. The Kier molecular flexibility index (Phi) is 4.87. The molecule has 0 aliphatic rings. The molecule has 0 radical (unpaired) electrons. The Morgan fingerprint density at radius 3 is 2.47 bits per heavy atom. The maximum atomic E-state index is 11.1. The summed E-state index contributed by atoms with van der Waals surface area (Å²) in [6, 6.07) is 7.62. The molecule has 0 spiro atoms.